The van der Waals surface area contributed by atoms with E-state index < -0.39 is 60.2 Å². The lowest BCUT2D eigenvalue weighted by Gasteiger charge is -2.26. The minimum atomic E-state index is -1.40. The summed E-state index contributed by atoms with van der Waals surface area (Å²) in [7, 11) is 0. The third-order valence-electron chi connectivity index (χ3n) is 4.36. The van der Waals surface area contributed by atoms with Crippen molar-refractivity contribution in [1.29, 1.82) is 0 Å². The van der Waals surface area contributed by atoms with Gasteiger partial charge in [0.2, 0.25) is 17.7 Å². The summed E-state index contributed by atoms with van der Waals surface area (Å²) < 4.78 is 0. The first-order chi connectivity index (χ1) is 14.2. The molecule has 0 aromatic carbocycles. The highest BCUT2D eigenvalue weighted by atomic mass is 16.4. The van der Waals surface area contributed by atoms with Crippen LogP contribution in [0.25, 0.3) is 0 Å². The average Bonchev–Trinajstić information content (AvgIpc) is 2.62. The molecule has 0 radical (unpaired) electrons. The van der Waals surface area contributed by atoms with Crippen molar-refractivity contribution in [2.45, 2.75) is 84.5 Å². The number of hydrogen-bond acceptors (Lipinski definition) is 6. The van der Waals surface area contributed by atoms with Gasteiger partial charge in [0.1, 0.15) is 18.1 Å². The van der Waals surface area contributed by atoms with E-state index in [1.807, 2.05) is 27.7 Å². The molecule has 0 aromatic rings. The molecule has 0 aliphatic heterocycles. The van der Waals surface area contributed by atoms with Crippen molar-refractivity contribution in [2.24, 2.45) is 17.6 Å². The first-order valence-corrected chi connectivity index (χ1v) is 10.4. The normalized spacial score (nSPS) is 15.0. The van der Waals surface area contributed by atoms with E-state index in [4.69, 9.17) is 10.8 Å². The van der Waals surface area contributed by atoms with Crippen molar-refractivity contribution in [3.05, 3.63) is 0 Å². The SMILES string of the molecule is CC(C)CC(NC(=O)C(C)N)C(=O)NC(CC(C)C)C(=O)NC(CCC(=O)O)C(=O)O. The fourth-order valence-corrected chi connectivity index (χ4v) is 2.78. The van der Waals surface area contributed by atoms with Gasteiger partial charge in [0.15, 0.2) is 0 Å². The number of nitrogens with one attached hydrogen (secondary N) is 3. The maximum atomic E-state index is 12.8. The lowest BCUT2D eigenvalue weighted by atomic mass is 9.99. The molecule has 0 rings (SSSR count). The van der Waals surface area contributed by atoms with Gasteiger partial charge in [-0.1, -0.05) is 27.7 Å². The van der Waals surface area contributed by atoms with Gasteiger partial charge < -0.3 is 31.9 Å². The quantitative estimate of drug-likeness (QED) is 0.213. The van der Waals surface area contributed by atoms with Gasteiger partial charge in [-0.15, -0.1) is 0 Å². The smallest absolute Gasteiger partial charge is 0.326 e. The highest BCUT2D eigenvalue weighted by Gasteiger charge is 2.30. The standard InChI is InChI=1S/C20H36N4O7/c1-10(2)8-14(23-17(27)12(5)21)19(29)24-15(9-11(3)4)18(28)22-13(20(30)31)6-7-16(25)26/h10-15H,6-9,21H2,1-5H3,(H,22,28)(H,23,27)(H,24,29)(H,25,26)(H,30,31). The van der Waals surface area contributed by atoms with Crippen LogP contribution in [0, 0.1) is 11.8 Å². The van der Waals surface area contributed by atoms with Gasteiger partial charge in [-0.3, -0.25) is 19.2 Å². The van der Waals surface area contributed by atoms with Crippen LogP contribution in [0.3, 0.4) is 0 Å². The van der Waals surface area contributed by atoms with Crippen LogP contribution in [-0.2, 0) is 24.0 Å². The first kappa shape index (κ1) is 28.3. The van der Waals surface area contributed by atoms with Gasteiger partial charge in [0.05, 0.1) is 6.04 Å². The van der Waals surface area contributed by atoms with E-state index in [9.17, 15) is 29.1 Å². The van der Waals surface area contributed by atoms with Crippen LogP contribution >= 0.6 is 0 Å². The largest absolute Gasteiger partial charge is 0.481 e. The number of amides is 3. The summed E-state index contributed by atoms with van der Waals surface area (Å²) >= 11 is 0. The Morgan fingerprint density at radius 1 is 0.710 bits per heavy atom. The van der Waals surface area contributed by atoms with E-state index >= 15 is 0 Å². The van der Waals surface area contributed by atoms with E-state index in [1.54, 1.807) is 0 Å². The number of carboxylic acids is 2. The second-order valence-electron chi connectivity index (χ2n) is 8.50. The van der Waals surface area contributed by atoms with Crippen LogP contribution in [0.1, 0.15) is 60.3 Å². The topological polar surface area (TPSA) is 188 Å². The minimum absolute atomic E-state index is 0.0134. The summed E-state index contributed by atoms with van der Waals surface area (Å²) in [4.78, 5) is 59.6. The Kier molecular flexibility index (Phi) is 12.4. The zero-order chi connectivity index (χ0) is 24.3. The highest BCUT2D eigenvalue weighted by Crippen LogP contribution is 2.10. The molecular formula is C20H36N4O7. The summed E-state index contributed by atoms with van der Waals surface area (Å²) in [5, 5.41) is 25.5. The molecule has 4 atom stereocenters. The van der Waals surface area contributed by atoms with Crippen LogP contribution in [-0.4, -0.2) is 64.0 Å². The molecule has 178 valence electrons. The van der Waals surface area contributed by atoms with Gasteiger partial charge in [-0.25, -0.2) is 4.79 Å². The number of carbonyl (C=O) groups is 5. The molecule has 0 heterocycles. The van der Waals surface area contributed by atoms with Crippen molar-refractivity contribution >= 4 is 29.7 Å². The molecular weight excluding hydrogens is 408 g/mol. The Bertz CT molecular complexity index is 649. The molecule has 3 amide bonds. The molecule has 31 heavy (non-hydrogen) atoms. The van der Waals surface area contributed by atoms with Gasteiger partial charge in [0.25, 0.3) is 0 Å². The molecule has 0 aliphatic carbocycles. The Labute approximate surface area is 182 Å². The third-order valence-corrected chi connectivity index (χ3v) is 4.36. The molecule has 11 heteroatoms. The molecule has 0 saturated heterocycles. The zero-order valence-corrected chi connectivity index (χ0v) is 18.8. The number of aliphatic carboxylic acids is 2. The Hall–Kier alpha value is -2.69. The zero-order valence-electron chi connectivity index (χ0n) is 18.8. The van der Waals surface area contributed by atoms with E-state index in [0.717, 1.165) is 0 Å². The van der Waals surface area contributed by atoms with E-state index in [-0.39, 0.29) is 24.7 Å². The second kappa shape index (κ2) is 13.6. The number of hydrogen-bond donors (Lipinski definition) is 6. The predicted molar refractivity (Wildman–Crippen MR) is 113 cm³/mol. The van der Waals surface area contributed by atoms with Crippen molar-refractivity contribution < 1.29 is 34.2 Å². The van der Waals surface area contributed by atoms with Gasteiger partial charge in [-0.2, -0.15) is 0 Å². The van der Waals surface area contributed by atoms with E-state index in [2.05, 4.69) is 16.0 Å². The van der Waals surface area contributed by atoms with Gasteiger partial charge in [0, 0.05) is 6.42 Å². The van der Waals surface area contributed by atoms with E-state index in [0.29, 0.717) is 6.42 Å². The molecule has 7 N–H and O–H groups in total. The lowest BCUT2D eigenvalue weighted by Crippen LogP contribution is -2.57. The number of carboxylic acid groups (broad SMARTS) is 2. The maximum Gasteiger partial charge on any atom is 0.326 e. The fourth-order valence-electron chi connectivity index (χ4n) is 2.78. The fraction of sp³-hybridized carbons (Fsp3) is 0.750. The van der Waals surface area contributed by atoms with Crippen molar-refractivity contribution in [3.63, 3.8) is 0 Å². The first-order valence-electron chi connectivity index (χ1n) is 10.4. The van der Waals surface area contributed by atoms with Crippen molar-refractivity contribution in [2.75, 3.05) is 0 Å². The van der Waals surface area contributed by atoms with Crippen LogP contribution in [0.5, 0.6) is 0 Å². The molecule has 0 fully saturated rings. The van der Waals surface area contributed by atoms with Crippen LogP contribution < -0.4 is 21.7 Å². The average molecular weight is 445 g/mol. The van der Waals surface area contributed by atoms with Crippen molar-refractivity contribution in [3.8, 4) is 0 Å². The highest BCUT2D eigenvalue weighted by molar-refractivity contribution is 5.94. The van der Waals surface area contributed by atoms with Crippen LogP contribution in [0.4, 0.5) is 0 Å². The Balaban J connectivity index is 5.43. The molecule has 11 nitrogen and oxygen atoms in total. The monoisotopic (exact) mass is 444 g/mol. The predicted octanol–water partition coefficient (Wildman–Crippen LogP) is -0.170. The molecule has 0 spiro atoms. The van der Waals surface area contributed by atoms with Gasteiger partial charge >= 0.3 is 11.9 Å². The summed E-state index contributed by atoms with van der Waals surface area (Å²) in [6.45, 7) is 8.88. The molecule has 0 aromatic heterocycles. The maximum absolute atomic E-state index is 12.8. The molecule has 0 bridgehead atoms. The van der Waals surface area contributed by atoms with Crippen LogP contribution in [0.15, 0.2) is 0 Å². The van der Waals surface area contributed by atoms with Gasteiger partial charge in [-0.05, 0) is 38.0 Å². The van der Waals surface area contributed by atoms with E-state index in [1.165, 1.54) is 6.92 Å². The molecule has 0 saturated carbocycles. The summed E-state index contributed by atoms with van der Waals surface area (Å²) in [5.74, 6) is -4.33. The summed E-state index contributed by atoms with van der Waals surface area (Å²) in [6.07, 6.45) is -0.188. The number of rotatable bonds is 14. The van der Waals surface area contributed by atoms with Crippen LogP contribution in [0.2, 0.25) is 0 Å². The Morgan fingerprint density at radius 3 is 1.42 bits per heavy atom. The summed E-state index contributed by atoms with van der Waals surface area (Å²) in [6, 6.07) is -4.19. The number of carbonyl (C=O) groups excluding carboxylic acids is 3. The number of nitrogens with two attached hydrogens (primary N) is 1. The third kappa shape index (κ3) is 11.9. The summed E-state index contributed by atoms with van der Waals surface area (Å²) in [5.41, 5.74) is 5.56. The Morgan fingerprint density at radius 2 is 1.10 bits per heavy atom. The molecule has 4 unspecified atom stereocenters. The lowest BCUT2D eigenvalue weighted by molar-refractivity contribution is -0.143. The van der Waals surface area contributed by atoms with Crippen molar-refractivity contribution in [1.82, 2.24) is 16.0 Å². The second-order valence-corrected chi connectivity index (χ2v) is 8.50. The minimum Gasteiger partial charge on any atom is -0.481 e. The molecule has 0 aliphatic rings.